The number of nitrogens with zero attached hydrogens (tertiary/aromatic N) is 4. The highest BCUT2D eigenvalue weighted by Crippen LogP contribution is 2.50. The Morgan fingerprint density at radius 3 is 2.68 bits per heavy atom. The Kier molecular flexibility index (Phi) is 3.42. The predicted octanol–water partition coefficient (Wildman–Crippen LogP) is 3.48. The average Bonchev–Trinajstić information content (AvgIpc) is 3.08. The third-order valence-electron chi connectivity index (χ3n) is 5.28. The maximum absolute atomic E-state index is 13.1. The van der Waals surface area contributed by atoms with Crippen LogP contribution in [0.4, 0.5) is 5.82 Å². The number of pyridine rings is 1. The molecule has 5 heteroatoms. The van der Waals surface area contributed by atoms with Crippen molar-refractivity contribution >= 4 is 17.3 Å². The molecule has 1 atom stereocenters. The highest BCUT2D eigenvalue weighted by atomic mass is 16.2. The first-order valence-electron chi connectivity index (χ1n) is 8.55. The molecule has 2 aromatic heterocycles. The number of amides is 1. The van der Waals surface area contributed by atoms with Gasteiger partial charge in [-0.3, -0.25) is 14.7 Å². The zero-order valence-corrected chi connectivity index (χ0v) is 15.0. The van der Waals surface area contributed by atoms with Gasteiger partial charge in [-0.1, -0.05) is 26.0 Å². The van der Waals surface area contributed by atoms with E-state index in [9.17, 15) is 4.79 Å². The van der Waals surface area contributed by atoms with Gasteiger partial charge in [0.15, 0.2) is 5.82 Å². The molecule has 3 heterocycles. The highest BCUT2D eigenvalue weighted by Gasteiger charge is 2.51. The van der Waals surface area contributed by atoms with Crippen LogP contribution in [0.25, 0.3) is 5.57 Å². The number of fused-ring (bicyclic) bond motifs is 1. The van der Waals surface area contributed by atoms with Crippen molar-refractivity contribution in [1.29, 1.82) is 0 Å². The molecular formula is C20H22N4O. The smallest absolute Gasteiger partial charge is 0.238 e. The maximum atomic E-state index is 13.1. The number of anilines is 1. The van der Waals surface area contributed by atoms with Gasteiger partial charge in [-0.25, -0.2) is 4.98 Å². The van der Waals surface area contributed by atoms with Crippen LogP contribution >= 0.6 is 0 Å². The lowest BCUT2D eigenvalue weighted by atomic mass is 9.75. The molecule has 1 aliphatic heterocycles. The van der Waals surface area contributed by atoms with Crippen molar-refractivity contribution in [2.24, 2.45) is 18.4 Å². The molecule has 0 spiro atoms. The molecule has 0 radical (unpaired) electrons. The van der Waals surface area contributed by atoms with E-state index in [1.807, 2.05) is 50.8 Å². The summed E-state index contributed by atoms with van der Waals surface area (Å²) in [5, 5.41) is 0. The number of allylic oxidation sites excluding steroid dienone is 4. The van der Waals surface area contributed by atoms with E-state index in [1.165, 1.54) is 0 Å². The van der Waals surface area contributed by atoms with Crippen molar-refractivity contribution in [1.82, 2.24) is 14.5 Å². The van der Waals surface area contributed by atoms with Crippen molar-refractivity contribution in [3.63, 3.8) is 0 Å². The van der Waals surface area contributed by atoms with Gasteiger partial charge in [0.1, 0.15) is 0 Å². The molecule has 5 nitrogen and oxygen atoms in total. The first-order valence-corrected chi connectivity index (χ1v) is 8.55. The molecule has 128 valence electrons. The van der Waals surface area contributed by atoms with E-state index >= 15 is 0 Å². The minimum atomic E-state index is -0.434. The minimum Gasteiger partial charge on any atom is -0.338 e. The van der Waals surface area contributed by atoms with Crippen molar-refractivity contribution < 1.29 is 4.79 Å². The molecule has 2 aliphatic rings. The monoisotopic (exact) mass is 334 g/mol. The van der Waals surface area contributed by atoms with Crippen LogP contribution in [0.15, 0.2) is 48.7 Å². The quantitative estimate of drug-likeness (QED) is 0.845. The molecule has 2 aromatic rings. The molecule has 0 aromatic carbocycles. The lowest BCUT2D eigenvalue weighted by Crippen LogP contribution is -2.31. The van der Waals surface area contributed by atoms with Crippen LogP contribution in [0.1, 0.15) is 31.5 Å². The van der Waals surface area contributed by atoms with E-state index in [4.69, 9.17) is 0 Å². The number of aromatic nitrogens is 3. The highest BCUT2D eigenvalue weighted by molar-refractivity contribution is 6.04. The fourth-order valence-corrected chi connectivity index (χ4v) is 3.71. The summed E-state index contributed by atoms with van der Waals surface area (Å²) in [6, 6.07) is 4.10. The lowest BCUT2D eigenvalue weighted by molar-refractivity contribution is -0.125. The number of aryl methyl sites for hydroxylation is 2. The summed E-state index contributed by atoms with van der Waals surface area (Å²) < 4.78 is 1.87. The van der Waals surface area contributed by atoms with E-state index < -0.39 is 5.41 Å². The average molecular weight is 334 g/mol. The van der Waals surface area contributed by atoms with Crippen molar-refractivity contribution in [3.05, 3.63) is 60.0 Å². The number of hydrogen-bond donors (Lipinski definition) is 0. The van der Waals surface area contributed by atoms with Crippen molar-refractivity contribution in [3.8, 4) is 0 Å². The number of carbonyl (C=O) groups is 1. The third kappa shape index (κ3) is 2.42. The Balaban J connectivity index is 1.79. The second-order valence-corrected chi connectivity index (χ2v) is 7.46. The molecule has 1 unspecified atom stereocenters. The molecule has 1 amide bonds. The van der Waals surface area contributed by atoms with E-state index in [-0.39, 0.29) is 11.8 Å². The van der Waals surface area contributed by atoms with E-state index in [0.29, 0.717) is 5.82 Å². The minimum absolute atomic E-state index is 0.110. The second kappa shape index (κ2) is 5.41. The second-order valence-electron chi connectivity index (χ2n) is 7.46. The molecule has 25 heavy (non-hydrogen) atoms. The van der Waals surface area contributed by atoms with Crippen LogP contribution in [-0.2, 0) is 11.8 Å². The largest absolute Gasteiger partial charge is 0.338 e. The predicted molar refractivity (Wildman–Crippen MR) is 97.6 cm³/mol. The number of carbonyl (C=O) groups excluding carboxylic acids is 1. The summed E-state index contributed by atoms with van der Waals surface area (Å²) in [4.78, 5) is 23.7. The SMILES string of the molecule is Cc1ccc(C2=CCC3C(=C2)N(c2cn(C)cn2)C(=O)C3(C)C)cn1. The molecular weight excluding hydrogens is 312 g/mol. The van der Waals surface area contributed by atoms with E-state index in [0.717, 1.165) is 28.9 Å². The molecule has 1 saturated heterocycles. The van der Waals surface area contributed by atoms with Gasteiger partial charge in [0, 0.05) is 36.8 Å². The van der Waals surface area contributed by atoms with Crippen LogP contribution in [0.5, 0.6) is 0 Å². The molecule has 1 aliphatic carbocycles. The fourth-order valence-electron chi connectivity index (χ4n) is 3.71. The number of hydrogen-bond acceptors (Lipinski definition) is 3. The van der Waals surface area contributed by atoms with Crippen LogP contribution in [0.3, 0.4) is 0 Å². The maximum Gasteiger partial charge on any atom is 0.238 e. The summed E-state index contributed by atoms with van der Waals surface area (Å²) in [5.74, 6) is 0.973. The first-order chi connectivity index (χ1) is 11.9. The molecule has 0 N–H and O–H groups in total. The van der Waals surface area contributed by atoms with Gasteiger partial charge in [-0.05, 0) is 36.6 Å². The zero-order chi connectivity index (χ0) is 17.8. The molecule has 1 fully saturated rings. The Morgan fingerprint density at radius 1 is 1.24 bits per heavy atom. The molecule has 0 saturated carbocycles. The summed E-state index contributed by atoms with van der Waals surface area (Å²) >= 11 is 0. The van der Waals surface area contributed by atoms with Gasteiger partial charge in [-0.2, -0.15) is 0 Å². The van der Waals surface area contributed by atoms with Gasteiger partial charge in [-0.15, -0.1) is 0 Å². The van der Waals surface area contributed by atoms with Crippen LogP contribution < -0.4 is 4.90 Å². The van der Waals surface area contributed by atoms with Gasteiger partial charge < -0.3 is 4.57 Å². The Bertz CT molecular complexity index is 902. The van der Waals surface area contributed by atoms with E-state index in [1.54, 1.807) is 11.2 Å². The van der Waals surface area contributed by atoms with Crippen molar-refractivity contribution in [2.45, 2.75) is 27.2 Å². The van der Waals surface area contributed by atoms with Gasteiger partial charge in [0.25, 0.3) is 0 Å². The summed E-state index contributed by atoms with van der Waals surface area (Å²) in [5.41, 5.74) is 3.79. The van der Waals surface area contributed by atoms with Crippen molar-refractivity contribution in [2.75, 3.05) is 4.90 Å². The fraction of sp³-hybridized carbons (Fsp3) is 0.350. The Morgan fingerprint density at radius 2 is 2.04 bits per heavy atom. The third-order valence-corrected chi connectivity index (χ3v) is 5.28. The molecule has 0 bridgehead atoms. The van der Waals surface area contributed by atoms with Gasteiger partial charge in [0.05, 0.1) is 11.7 Å². The Hall–Kier alpha value is -2.69. The van der Waals surface area contributed by atoms with Crippen LogP contribution in [0, 0.1) is 18.3 Å². The van der Waals surface area contributed by atoms with Gasteiger partial charge in [0.2, 0.25) is 5.91 Å². The van der Waals surface area contributed by atoms with E-state index in [2.05, 4.69) is 28.2 Å². The Labute approximate surface area is 147 Å². The normalized spacial score (nSPS) is 21.8. The van der Waals surface area contributed by atoms with Crippen LogP contribution in [-0.4, -0.2) is 20.4 Å². The lowest BCUT2D eigenvalue weighted by Gasteiger charge is -2.25. The van der Waals surface area contributed by atoms with Crippen LogP contribution in [0.2, 0.25) is 0 Å². The van der Waals surface area contributed by atoms with Gasteiger partial charge >= 0.3 is 0 Å². The molecule has 4 rings (SSSR count). The first kappa shape index (κ1) is 15.8. The topological polar surface area (TPSA) is 51.0 Å². The summed E-state index contributed by atoms with van der Waals surface area (Å²) in [7, 11) is 1.91. The zero-order valence-electron chi connectivity index (χ0n) is 15.0. The standard InChI is InChI=1S/C20H22N4O/c1-13-5-6-15(10-21-13)14-7-8-16-17(9-14)24(19(25)20(16,2)3)18-11-23(4)12-22-18/h5-7,9-12,16H,8H2,1-4H3. The summed E-state index contributed by atoms with van der Waals surface area (Å²) in [6.45, 7) is 6.04. The number of imidazole rings is 1. The summed E-state index contributed by atoms with van der Waals surface area (Å²) in [6.07, 6.45) is 10.7. The number of rotatable bonds is 2.